The van der Waals surface area contributed by atoms with Crippen LogP contribution in [0.4, 0.5) is 4.39 Å². The number of benzene rings is 2. The quantitative estimate of drug-likeness (QED) is 0.408. The van der Waals surface area contributed by atoms with Crippen LogP contribution in [0.25, 0.3) is 0 Å². The molecular formula is C23H28BrClFNO2. The van der Waals surface area contributed by atoms with Crippen LogP contribution in [0.3, 0.4) is 0 Å². The third kappa shape index (κ3) is 6.34. The zero-order chi connectivity index (χ0) is 20.6. The van der Waals surface area contributed by atoms with Crippen molar-refractivity contribution in [3.05, 3.63) is 56.8 Å². The minimum atomic E-state index is -0.376. The molecule has 0 heterocycles. The van der Waals surface area contributed by atoms with Crippen molar-refractivity contribution in [1.82, 2.24) is 5.32 Å². The van der Waals surface area contributed by atoms with Crippen LogP contribution in [-0.4, -0.2) is 12.6 Å². The van der Waals surface area contributed by atoms with Gasteiger partial charge in [-0.3, -0.25) is 0 Å². The van der Waals surface area contributed by atoms with Gasteiger partial charge < -0.3 is 14.8 Å². The van der Waals surface area contributed by atoms with Crippen molar-refractivity contribution in [3.63, 3.8) is 0 Å². The van der Waals surface area contributed by atoms with Crippen molar-refractivity contribution < 1.29 is 13.9 Å². The summed E-state index contributed by atoms with van der Waals surface area (Å²) in [5.41, 5.74) is 1.46. The van der Waals surface area contributed by atoms with Crippen LogP contribution in [0.5, 0.6) is 11.5 Å². The van der Waals surface area contributed by atoms with Crippen LogP contribution in [0.1, 0.15) is 56.6 Å². The third-order valence-corrected chi connectivity index (χ3v) is 6.37. The van der Waals surface area contributed by atoms with Gasteiger partial charge in [0.25, 0.3) is 0 Å². The number of rotatable bonds is 8. The average Bonchev–Trinajstić information content (AvgIpc) is 2.97. The molecular weight excluding hydrogens is 457 g/mol. The Labute approximate surface area is 186 Å². The molecule has 1 N–H and O–H groups in total. The molecule has 0 saturated heterocycles. The lowest BCUT2D eigenvalue weighted by Gasteiger charge is -2.19. The number of halogens is 3. The van der Waals surface area contributed by atoms with Gasteiger partial charge in [-0.1, -0.05) is 59.3 Å². The van der Waals surface area contributed by atoms with E-state index in [9.17, 15) is 4.39 Å². The highest BCUT2D eigenvalue weighted by Gasteiger charge is 2.16. The molecule has 0 bridgehead atoms. The summed E-state index contributed by atoms with van der Waals surface area (Å²) in [4.78, 5) is 0. The molecule has 0 aromatic heterocycles. The minimum Gasteiger partial charge on any atom is -0.490 e. The van der Waals surface area contributed by atoms with Crippen molar-refractivity contribution in [3.8, 4) is 11.5 Å². The van der Waals surface area contributed by atoms with Gasteiger partial charge in [-0.2, -0.15) is 0 Å². The number of hydrogen-bond donors (Lipinski definition) is 1. The van der Waals surface area contributed by atoms with Gasteiger partial charge in [0.1, 0.15) is 12.4 Å². The molecule has 158 valence electrons. The molecule has 0 radical (unpaired) electrons. The normalized spacial score (nSPS) is 15.2. The first kappa shape index (κ1) is 22.4. The number of hydrogen-bond acceptors (Lipinski definition) is 3. The fourth-order valence-corrected chi connectivity index (χ4v) is 4.33. The lowest BCUT2D eigenvalue weighted by atomic mass is 10.1. The Morgan fingerprint density at radius 3 is 2.52 bits per heavy atom. The van der Waals surface area contributed by atoms with Gasteiger partial charge >= 0.3 is 0 Å². The molecule has 2 aromatic carbocycles. The largest absolute Gasteiger partial charge is 0.490 e. The SMILES string of the molecule is CCOc1cc(CNC2CCCCCC2)c(Br)cc1OCc1c(F)cccc1Cl. The van der Waals surface area contributed by atoms with E-state index in [1.807, 2.05) is 19.1 Å². The second-order valence-electron chi connectivity index (χ2n) is 7.38. The van der Waals surface area contributed by atoms with E-state index in [0.717, 1.165) is 16.6 Å². The smallest absolute Gasteiger partial charge is 0.162 e. The van der Waals surface area contributed by atoms with Crippen molar-refractivity contribution in [2.75, 3.05) is 6.61 Å². The highest BCUT2D eigenvalue weighted by atomic mass is 79.9. The first-order valence-electron chi connectivity index (χ1n) is 10.3. The molecule has 0 amide bonds. The Morgan fingerprint density at radius 2 is 1.83 bits per heavy atom. The van der Waals surface area contributed by atoms with E-state index < -0.39 is 0 Å². The summed E-state index contributed by atoms with van der Waals surface area (Å²) in [6.45, 7) is 3.26. The summed E-state index contributed by atoms with van der Waals surface area (Å²) in [7, 11) is 0. The zero-order valence-electron chi connectivity index (χ0n) is 16.8. The Hall–Kier alpha value is -1.30. The van der Waals surface area contributed by atoms with E-state index in [2.05, 4.69) is 21.2 Å². The Kier molecular flexibility index (Phi) is 8.64. The Balaban J connectivity index is 1.71. The number of ether oxygens (including phenoxy) is 2. The summed E-state index contributed by atoms with van der Waals surface area (Å²) in [5.74, 6) is 0.843. The molecule has 0 unspecified atom stereocenters. The van der Waals surface area contributed by atoms with Gasteiger partial charge in [0, 0.05) is 22.6 Å². The molecule has 2 aromatic rings. The highest BCUT2D eigenvalue weighted by molar-refractivity contribution is 9.10. The molecule has 0 atom stereocenters. The van der Waals surface area contributed by atoms with Gasteiger partial charge in [-0.15, -0.1) is 0 Å². The van der Waals surface area contributed by atoms with E-state index in [-0.39, 0.29) is 12.4 Å². The fraction of sp³-hybridized carbons (Fsp3) is 0.478. The van der Waals surface area contributed by atoms with Gasteiger partial charge in [0.05, 0.1) is 11.6 Å². The van der Waals surface area contributed by atoms with E-state index in [1.54, 1.807) is 12.1 Å². The van der Waals surface area contributed by atoms with Crippen LogP contribution < -0.4 is 14.8 Å². The summed E-state index contributed by atoms with van der Waals surface area (Å²) in [6, 6.07) is 9.08. The summed E-state index contributed by atoms with van der Waals surface area (Å²) >= 11 is 9.76. The average molecular weight is 485 g/mol. The van der Waals surface area contributed by atoms with Crippen molar-refractivity contribution in [2.24, 2.45) is 0 Å². The molecule has 0 aliphatic heterocycles. The predicted molar refractivity (Wildman–Crippen MR) is 119 cm³/mol. The van der Waals surface area contributed by atoms with Crippen LogP contribution in [0, 0.1) is 5.82 Å². The molecule has 3 nitrogen and oxygen atoms in total. The maximum absolute atomic E-state index is 14.0. The second-order valence-corrected chi connectivity index (χ2v) is 8.64. The van der Waals surface area contributed by atoms with Crippen LogP contribution in [0.15, 0.2) is 34.8 Å². The van der Waals surface area contributed by atoms with Gasteiger partial charge in [-0.25, -0.2) is 4.39 Å². The van der Waals surface area contributed by atoms with E-state index in [1.165, 1.54) is 44.6 Å². The highest BCUT2D eigenvalue weighted by Crippen LogP contribution is 2.35. The third-order valence-electron chi connectivity index (χ3n) is 5.28. The molecule has 0 spiro atoms. The molecule has 1 aliphatic rings. The molecule has 6 heteroatoms. The van der Waals surface area contributed by atoms with Crippen molar-refractivity contribution >= 4 is 27.5 Å². The molecule has 29 heavy (non-hydrogen) atoms. The van der Waals surface area contributed by atoms with Gasteiger partial charge in [0.2, 0.25) is 0 Å². The maximum Gasteiger partial charge on any atom is 0.162 e. The van der Waals surface area contributed by atoms with Gasteiger partial charge in [0.15, 0.2) is 11.5 Å². The predicted octanol–water partition coefficient (Wildman–Crippen LogP) is 7.03. The Morgan fingerprint density at radius 1 is 1.10 bits per heavy atom. The minimum absolute atomic E-state index is 0.0394. The summed E-state index contributed by atoms with van der Waals surface area (Å²) in [5, 5.41) is 4.04. The summed E-state index contributed by atoms with van der Waals surface area (Å²) in [6.07, 6.45) is 7.76. The van der Waals surface area contributed by atoms with Crippen LogP contribution in [-0.2, 0) is 13.2 Å². The maximum atomic E-state index is 14.0. The zero-order valence-corrected chi connectivity index (χ0v) is 19.1. The lowest BCUT2D eigenvalue weighted by Crippen LogP contribution is -2.28. The fourth-order valence-electron chi connectivity index (χ4n) is 3.65. The van der Waals surface area contributed by atoms with E-state index in [0.29, 0.717) is 34.7 Å². The summed E-state index contributed by atoms with van der Waals surface area (Å²) < 4.78 is 26.7. The first-order chi connectivity index (χ1) is 14.1. The molecule has 1 fully saturated rings. The topological polar surface area (TPSA) is 30.5 Å². The van der Waals surface area contributed by atoms with Crippen LogP contribution in [0.2, 0.25) is 5.02 Å². The van der Waals surface area contributed by atoms with Gasteiger partial charge in [-0.05, 0) is 49.6 Å². The number of nitrogens with one attached hydrogen (secondary N) is 1. The van der Waals surface area contributed by atoms with Crippen molar-refractivity contribution in [2.45, 2.75) is 64.6 Å². The lowest BCUT2D eigenvalue weighted by molar-refractivity contribution is 0.265. The Bertz CT molecular complexity index is 789. The van der Waals surface area contributed by atoms with E-state index >= 15 is 0 Å². The second kappa shape index (κ2) is 11.2. The van der Waals surface area contributed by atoms with Crippen LogP contribution >= 0.6 is 27.5 Å². The first-order valence-corrected chi connectivity index (χ1v) is 11.5. The van der Waals surface area contributed by atoms with Crippen molar-refractivity contribution in [1.29, 1.82) is 0 Å². The van der Waals surface area contributed by atoms with E-state index in [4.69, 9.17) is 21.1 Å². The molecule has 1 saturated carbocycles. The molecule has 3 rings (SSSR count). The monoisotopic (exact) mass is 483 g/mol. The standard InChI is InChI=1S/C23H28BrClFNO2/c1-2-28-22-12-16(14-27-17-8-5-3-4-6-9-17)19(24)13-23(22)29-15-18-20(25)10-7-11-21(18)26/h7,10-13,17,27H,2-6,8-9,14-15H2,1H3. The molecule has 1 aliphatic carbocycles.